The lowest BCUT2D eigenvalue weighted by atomic mass is 10.1. The highest BCUT2D eigenvalue weighted by molar-refractivity contribution is 5.99. The highest BCUT2D eigenvalue weighted by Crippen LogP contribution is 2.01. The van der Waals surface area contributed by atoms with E-state index in [9.17, 15) is 4.79 Å². The number of carbonyl (C=O) groups is 1. The number of allylic oxidation sites excluding steroid dienone is 12. The van der Waals surface area contributed by atoms with Crippen molar-refractivity contribution < 1.29 is 4.79 Å². The fourth-order valence-corrected chi connectivity index (χ4v) is 1.18. The summed E-state index contributed by atoms with van der Waals surface area (Å²) < 4.78 is 0. The monoisotopic (exact) mass is 240 g/mol. The summed E-state index contributed by atoms with van der Waals surface area (Å²) in [4.78, 5) is 11.6. The van der Waals surface area contributed by atoms with Crippen molar-refractivity contribution >= 4 is 5.78 Å². The van der Waals surface area contributed by atoms with Gasteiger partial charge in [-0.15, -0.1) is 0 Å². The zero-order valence-corrected chi connectivity index (χ0v) is 11.1. The molecule has 0 rings (SSSR count). The molecule has 0 spiro atoms. The molecule has 0 fully saturated rings. The van der Waals surface area contributed by atoms with Crippen molar-refractivity contribution in [1.82, 2.24) is 0 Å². The first-order valence-electron chi connectivity index (χ1n) is 5.82. The van der Waals surface area contributed by atoms with Crippen molar-refractivity contribution in [2.24, 2.45) is 0 Å². The molecule has 1 heteroatoms. The van der Waals surface area contributed by atoms with Crippen LogP contribution in [0.5, 0.6) is 0 Å². The minimum Gasteiger partial charge on any atom is -0.290 e. The molecular weight excluding hydrogens is 220 g/mol. The molecule has 0 aliphatic rings. The Morgan fingerprint density at radius 2 is 1.50 bits per heavy atom. The molecule has 94 valence electrons. The molecule has 0 heterocycles. The van der Waals surface area contributed by atoms with Crippen LogP contribution in [0.2, 0.25) is 0 Å². The van der Waals surface area contributed by atoms with Gasteiger partial charge in [0, 0.05) is 0 Å². The summed E-state index contributed by atoms with van der Waals surface area (Å²) in [5.41, 5.74) is 1.86. The van der Waals surface area contributed by atoms with Gasteiger partial charge in [-0.05, 0) is 37.1 Å². The summed E-state index contributed by atoms with van der Waals surface area (Å²) in [6.07, 6.45) is 17.5. The van der Waals surface area contributed by atoms with E-state index >= 15 is 0 Å². The predicted octanol–water partition coefficient (Wildman–Crippen LogP) is 4.49. The standard InChI is InChI=1S/C17H20O/c1-5-9-15(7-3)11-13-17(18)14-12-16(8-4)10-6-2/h5-14H,1,3H2,2,4H3/b10-6-,13-11+,14-12+,15-9+,16-8+. The summed E-state index contributed by atoms with van der Waals surface area (Å²) in [6, 6.07) is 0. The van der Waals surface area contributed by atoms with Crippen molar-refractivity contribution in [3.8, 4) is 0 Å². The second-order valence-electron chi connectivity index (χ2n) is 3.46. The molecule has 0 unspecified atom stereocenters. The largest absolute Gasteiger partial charge is 0.290 e. The normalized spacial score (nSPS) is 13.7. The van der Waals surface area contributed by atoms with Gasteiger partial charge in [0.05, 0.1) is 0 Å². The van der Waals surface area contributed by atoms with Gasteiger partial charge < -0.3 is 0 Å². The molecule has 0 N–H and O–H groups in total. The first-order chi connectivity index (χ1) is 8.67. The maximum atomic E-state index is 11.6. The van der Waals surface area contributed by atoms with Gasteiger partial charge in [-0.1, -0.05) is 61.8 Å². The van der Waals surface area contributed by atoms with Crippen LogP contribution >= 0.6 is 0 Å². The number of hydrogen-bond acceptors (Lipinski definition) is 1. The average molecular weight is 240 g/mol. The lowest BCUT2D eigenvalue weighted by molar-refractivity contribution is -0.110. The van der Waals surface area contributed by atoms with Gasteiger partial charge in [-0.2, -0.15) is 0 Å². The lowest BCUT2D eigenvalue weighted by Gasteiger charge is -1.91. The number of hydrogen-bond donors (Lipinski definition) is 0. The van der Waals surface area contributed by atoms with Crippen LogP contribution < -0.4 is 0 Å². The summed E-state index contributed by atoms with van der Waals surface area (Å²) in [7, 11) is 0. The quantitative estimate of drug-likeness (QED) is 0.473. The highest BCUT2D eigenvalue weighted by atomic mass is 16.1. The Hall–Kier alpha value is -2.15. The molecule has 0 aromatic carbocycles. The van der Waals surface area contributed by atoms with Gasteiger partial charge in [0.2, 0.25) is 0 Å². The minimum atomic E-state index is -0.0596. The fourth-order valence-electron chi connectivity index (χ4n) is 1.18. The van der Waals surface area contributed by atoms with Crippen LogP contribution in [0.1, 0.15) is 13.8 Å². The third-order valence-corrected chi connectivity index (χ3v) is 2.12. The maximum Gasteiger partial charge on any atom is 0.178 e. The molecule has 0 amide bonds. The molecule has 0 atom stereocenters. The van der Waals surface area contributed by atoms with Crippen LogP contribution in [0.25, 0.3) is 0 Å². The van der Waals surface area contributed by atoms with E-state index < -0.39 is 0 Å². The fraction of sp³-hybridized carbons (Fsp3) is 0.118. The zero-order valence-electron chi connectivity index (χ0n) is 11.1. The van der Waals surface area contributed by atoms with E-state index in [4.69, 9.17) is 0 Å². The van der Waals surface area contributed by atoms with E-state index in [0.717, 1.165) is 11.1 Å². The molecule has 18 heavy (non-hydrogen) atoms. The van der Waals surface area contributed by atoms with Crippen molar-refractivity contribution in [2.45, 2.75) is 13.8 Å². The third kappa shape index (κ3) is 7.18. The second-order valence-corrected chi connectivity index (χ2v) is 3.46. The Morgan fingerprint density at radius 3 is 1.94 bits per heavy atom. The lowest BCUT2D eigenvalue weighted by Crippen LogP contribution is -1.86. The number of carbonyl (C=O) groups excluding carboxylic acids is 1. The van der Waals surface area contributed by atoms with Crippen molar-refractivity contribution in [1.29, 1.82) is 0 Å². The molecule has 0 bridgehead atoms. The van der Waals surface area contributed by atoms with Crippen LogP contribution in [0, 0.1) is 0 Å². The molecule has 0 saturated heterocycles. The smallest absolute Gasteiger partial charge is 0.178 e. The van der Waals surface area contributed by atoms with Gasteiger partial charge in [0.1, 0.15) is 0 Å². The van der Waals surface area contributed by atoms with E-state index in [0.29, 0.717) is 0 Å². The van der Waals surface area contributed by atoms with Gasteiger partial charge in [0.25, 0.3) is 0 Å². The third-order valence-electron chi connectivity index (χ3n) is 2.12. The Bertz CT molecular complexity index is 440. The second kappa shape index (κ2) is 10.0. The molecule has 0 aliphatic carbocycles. The number of ketones is 1. The van der Waals surface area contributed by atoms with Crippen LogP contribution in [-0.2, 0) is 4.79 Å². The van der Waals surface area contributed by atoms with Crippen LogP contribution in [-0.4, -0.2) is 5.78 Å². The maximum absolute atomic E-state index is 11.6. The minimum absolute atomic E-state index is 0.0596. The van der Waals surface area contributed by atoms with E-state index in [1.807, 2.05) is 32.1 Å². The Kier molecular flexibility index (Phi) is 8.83. The van der Waals surface area contributed by atoms with Crippen molar-refractivity contribution in [3.05, 3.63) is 85.1 Å². The Balaban J connectivity index is 4.65. The Morgan fingerprint density at radius 1 is 0.889 bits per heavy atom. The molecule has 1 nitrogen and oxygen atoms in total. The average Bonchev–Trinajstić information content (AvgIpc) is 2.39. The van der Waals surface area contributed by atoms with Crippen molar-refractivity contribution in [2.75, 3.05) is 0 Å². The van der Waals surface area contributed by atoms with Gasteiger partial charge in [0.15, 0.2) is 5.78 Å². The Labute approximate surface area is 110 Å². The zero-order chi connectivity index (χ0) is 13.8. The molecule has 0 aromatic heterocycles. The summed E-state index contributed by atoms with van der Waals surface area (Å²) in [6.45, 7) is 11.1. The molecule has 0 aromatic rings. The number of rotatable bonds is 7. The topological polar surface area (TPSA) is 17.1 Å². The molecule has 0 radical (unpaired) electrons. The molecular formula is C17H20O. The van der Waals surface area contributed by atoms with E-state index in [1.165, 1.54) is 6.08 Å². The summed E-state index contributed by atoms with van der Waals surface area (Å²) in [5.74, 6) is -0.0596. The van der Waals surface area contributed by atoms with Gasteiger partial charge >= 0.3 is 0 Å². The summed E-state index contributed by atoms with van der Waals surface area (Å²) >= 11 is 0. The predicted molar refractivity (Wildman–Crippen MR) is 80.3 cm³/mol. The SMILES string of the molecule is C=C/C=C(C=C)/C=C/C(=O)/C=C/C(/C=C\C)=C/C. The highest BCUT2D eigenvalue weighted by Gasteiger charge is 1.90. The van der Waals surface area contributed by atoms with Crippen LogP contribution in [0.4, 0.5) is 0 Å². The van der Waals surface area contributed by atoms with Crippen LogP contribution in [0.3, 0.4) is 0 Å². The van der Waals surface area contributed by atoms with E-state index in [2.05, 4.69) is 13.2 Å². The van der Waals surface area contributed by atoms with E-state index in [-0.39, 0.29) is 5.78 Å². The first-order valence-corrected chi connectivity index (χ1v) is 5.82. The van der Waals surface area contributed by atoms with E-state index in [1.54, 1.807) is 36.5 Å². The van der Waals surface area contributed by atoms with Crippen LogP contribution in [0.15, 0.2) is 85.1 Å². The molecule has 0 saturated carbocycles. The van der Waals surface area contributed by atoms with Gasteiger partial charge in [-0.3, -0.25) is 4.79 Å². The molecule has 0 aliphatic heterocycles. The van der Waals surface area contributed by atoms with Crippen molar-refractivity contribution in [3.63, 3.8) is 0 Å². The summed E-state index contributed by atoms with van der Waals surface area (Å²) in [5, 5.41) is 0. The van der Waals surface area contributed by atoms with Gasteiger partial charge in [-0.25, -0.2) is 0 Å². The first kappa shape index (κ1) is 15.9.